The number of ether oxygens (including phenoxy) is 2. The van der Waals surface area contributed by atoms with Gasteiger partial charge in [0.05, 0.1) is 25.5 Å². The molecule has 2 fully saturated rings. The number of nitrogens with one attached hydrogen (secondary N) is 2. The Bertz CT molecular complexity index is 1290. The summed E-state index contributed by atoms with van der Waals surface area (Å²) >= 11 is 1.65. The van der Waals surface area contributed by atoms with E-state index in [0.29, 0.717) is 48.3 Å². The van der Waals surface area contributed by atoms with E-state index in [1.165, 1.54) is 17.7 Å². The van der Waals surface area contributed by atoms with Gasteiger partial charge in [0.25, 0.3) is 5.91 Å². The first-order chi connectivity index (χ1) is 18.5. The Morgan fingerprint density at radius 2 is 1.89 bits per heavy atom. The molecule has 1 amide bonds. The molecule has 5 rings (SSSR count). The second kappa shape index (κ2) is 11.6. The number of benzene rings is 1. The Morgan fingerprint density at radius 3 is 2.58 bits per heavy atom. The number of rotatable bonds is 11. The van der Waals surface area contributed by atoms with Gasteiger partial charge in [-0.05, 0) is 74.5 Å². The number of nitriles is 1. The minimum Gasteiger partial charge on any atom is -0.493 e. The van der Waals surface area contributed by atoms with Gasteiger partial charge in [-0.1, -0.05) is 0 Å². The highest BCUT2D eigenvalue weighted by Gasteiger charge is 2.34. The molecule has 3 aliphatic rings. The predicted molar refractivity (Wildman–Crippen MR) is 146 cm³/mol. The Kier molecular flexibility index (Phi) is 7.98. The Morgan fingerprint density at radius 1 is 1.11 bits per heavy atom. The lowest BCUT2D eigenvalue weighted by atomic mass is 9.83. The quantitative estimate of drug-likeness (QED) is 0.187. The summed E-state index contributed by atoms with van der Waals surface area (Å²) in [6.45, 7) is 0.705. The molecular weight excluding hydrogens is 500 g/mol. The molecule has 0 saturated heterocycles. The summed E-state index contributed by atoms with van der Waals surface area (Å²) in [5.41, 5.74) is 2.48. The van der Waals surface area contributed by atoms with Crippen LogP contribution in [0.2, 0.25) is 0 Å². The van der Waals surface area contributed by atoms with Crippen LogP contribution in [0, 0.1) is 29.2 Å². The molecular formula is C29H34N4O4S. The third kappa shape index (κ3) is 6.18. The summed E-state index contributed by atoms with van der Waals surface area (Å²) in [6.07, 6.45) is 9.78. The van der Waals surface area contributed by atoms with Crippen LogP contribution in [0.3, 0.4) is 0 Å². The summed E-state index contributed by atoms with van der Waals surface area (Å²) in [5, 5.41) is 15.3. The number of hydrogen-bond acceptors (Lipinski definition) is 7. The number of amides is 1. The van der Waals surface area contributed by atoms with Gasteiger partial charge in [0.15, 0.2) is 17.7 Å². The zero-order valence-corrected chi connectivity index (χ0v) is 22.8. The molecule has 1 aromatic heterocycles. The molecule has 2 aromatic rings. The van der Waals surface area contributed by atoms with Gasteiger partial charge in [0, 0.05) is 41.1 Å². The van der Waals surface area contributed by atoms with Gasteiger partial charge < -0.3 is 14.8 Å². The molecule has 1 unspecified atom stereocenters. The number of methoxy groups -OCH3 is 2. The lowest BCUT2D eigenvalue weighted by Crippen LogP contribution is -2.29. The SMILES string of the molecule is COc1ccc(N=C(CC2CCc3sc(CC(=O)C4CC4)c(C(=O)NCC4CC4)c3C2)NC#N)cc1OC. The molecule has 1 aromatic carbocycles. The van der Waals surface area contributed by atoms with Gasteiger partial charge in [-0.25, -0.2) is 4.99 Å². The van der Waals surface area contributed by atoms with Crippen LogP contribution in [0.1, 0.15) is 64.2 Å². The minimum absolute atomic E-state index is 0.0389. The number of hydrogen-bond donors (Lipinski definition) is 2. The second-order valence-corrected chi connectivity index (χ2v) is 11.7. The number of carbonyl (C=O) groups excluding carboxylic acids is 2. The van der Waals surface area contributed by atoms with E-state index in [2.05, 4.69) is 10.6 Å². The molecule has 0 bridgehead atoms. The molecule has 3 aliphatic carbocycles. The van der Waals surface area contributed by atoms with Crippen LogP contribution in [0.5, 0.6) is 11.5 Å². The summed E-state index contributed by atoms with van der Waals surface area (Å²) in [5.74, 6) is 2.97. The number of Topliss-reactive ketones (excluding diaryl/α,β-unsaturated/α-hetero) is 1. The number of amidine groups is 1. The van der Waals surface area contributed by atoms with Crippen LogP contribution in [0.25, 0.3) is 0 Å². The Labute approximate surface area is 227 Å². The fourth-order valence-corrected chi connectivity index (χ4v) is 6.50. The fraction of sp³-hybridized carbons (Fsp3) is 0.517. The van der Waals surface area contributed by atoms with Crippen molar-refractivity contribution in [3.8, 4) is 17.7 Å². The highest BCUT2D eigenvalue weighted by atomic mass is 32.1. The molecule has 0 aliphatic heterocycles. The third-order valence-electron chi connectivity index (χ3n) is 7.59. The second-order valence-electron chi connectivity index (χ2n) is 10.5. The molecule has 0 radical (unpaired) electrons. The normalized spacial score (nSPS) is 18.8. The maximum Gasteiger partial charge on any atom is 0.252 e. The first-order valence-electron chi connectivity index (χ1n) is 13.4. The molecule has 1 heterocycles. The molecule has 1 atom stereocenters. The van der Waals surface area contributed by atoms with Gasteiger partial charge in [0.1, 0.15) is 11.6 Å². The van der Waals surface area contributed by atoms with Crippen molar-refractivity contribution in [2.24, 2.45) is 22.7 Å². The van der Waals surface area contributed by atoms with Crippen molar-refractivity contribution in [1.29, 1.82) is 5.26 Å². The van der Waals surface area contributed by atoms with Crippen LogP contribution in [-0.4, -0.2) is 38.3 Å². The number of ketones is 1. The van der Waals surface area contributed by atoms with E-state index < -0.39 is 0 Å². The first-order valence-corrected chi connectivity index (χ1v) is 14.2. The highest BCUT2D eigenvalue weighted by molar-refractivity contribution is 7.12. The van der Waals surface area contributed by atoms with E-state index in [-0.39, 0.29) is 23.5 Å². The highest BCUT2D eigenvalue weighted by Crippen LogP contribution is 2.40. The zero-order valence-electron chi connectivity index (χ0n) is 22.0. The van der Waals surface area contributed by atoms with Gasteiger partial charge >= 0.3 is 0 Å². The standard InChI is InChI=1S/C29H34N4O4S/c1-36-23-9-8-20(13-24(23)37-2)33-27(32-16-30)12-18-5-10-25-21(11-18)28(29(35)31-15-17-3-4-17)26(38-25)14-22(34)19-6-7-19/h8-9,13,17-19H,3-7,10-12,14-15H2,1-2H3,(H,31,35)(H,32,33). The largest absolute Gasteiger partial charge is 0.493 e. The minimum atomic E-state index is -0.0389. The lowest BCUT2D eigenvalue weighted by molar-refractivity contribution is -0.119. The van der Waals surface area contributed by atoms with E-state index >= 15 is 0 Å². The van der Waals surface area contributed by atoms with Crippen LogP contribution >= 0.6 is 11.3 Å². The van der Waals surface area contributed by atoms with Gasteiger partial charge in [0.2, 0.25) is 0 Å². The molecule has 0 spiro atoms. The number of aliphatic imine (C=N–C) groups is 1. The lowest BCUT2D eigenvalue weighted by Gasteiger charge is -2.23. The van der Waals surface area contributed by atoms with Crippen molar-refractivity contribution >= 4 is 34.6 Å². The smallest absolute Gasteiger partial charge is 0.252 e. The first kappa shape index (κ1) is 26.2. The number of fused-ring (bicyclic) bond motifs is 1. The molecule has 2 saturated carbocycles. The van der Waals surface area contributed by atoms with Crippen molar-refractivity contribution < 1.29 is 19.1 Å². The average Bonchev–Trinajstić information content (AvgIpc) is 3.84. The van der Waals surface area contributed by atoms with E-state index in [0.717, 1.165) is 48.1 Å². The van der Waals surface area contributed by atoms with Crippen molar-refractivity contribution in [2.45, 2.75) is 57.8 Å². The molecule has 38 heavy (non-hydrogen) atoms. The van der Waals surface area contributed by atoms with E-state index in [1.807, 2.05) is 12.3 Å². The Hall–Kier alpha value is -3.38. The van der Waals surface area contributed by atoms with Crippen molar-refractivity contribution in [3.63, 3.8) is 0 Å². The van der Waals surface area contributed by atoms with Crippen LogP contribution in [0.15, 0.2) is 23.2 Å². The topological polar surface area (TPSA) is 113 Å². The maximum absolute atomic E-state index is 13.4. The van der Waals surface area contributed by atoms with Crippen molar-refractivity contribution in [2.75, 3.05) is 20.8 Å². The number of carbonyl (C=O) groups is 2. The number of aryl methyl sites for hydroxylation is 1. The molecule has 2 N–H and O–H groups in total. The third-order valence-corrected chi connectivity index (χ3v) is 8.88. The predicted octanol–water partition coefficient (Wildman–Crippen LogP) is 4.72. The van der Waals surface area contributed by atoms with Crippen LogP contribution in [-0.2, 0) is 24.1 Å². The summed E-state index contributed by atoms with van der Waals surface area (Å²) in [6, 6.07) is 5.39. The van der Waals surface area contributed by atoms with Crippen molar-refractivity contribution in [3.05, 3.63) is 39.1 Å². The molecule has 8 nitrogen and oxygen atoms in total. The monoisotopic (exact) mass is 534 g/mol. The van der Waals surface area contributed by atoms with Gasteiger partial charge in [-0.15, -0.1) is 11.3 Å². The fourth-order valence-electron chi connectivity index (χ4n) is 5.14. The molecule has 9 heteroatoms. The van der Waals surface area contributed by atoms with E-state index in [1.54, 1.807) is 37.7 Å². The maximum atomic E-state index is 13.4. The van der Waals surface area contributed by atoms with E-state index in [4.69, 9.17) is 14.5 Å². The average molecular weight is 535 g/mol. The summed E-state index contributed by atoms with van der Waals surface area (Å²) in [4.78, 5) is 32.9. The van der Waals surface area contributed by atoms with Crippen molar-refractivity contribution in [1.82, 2.24) is 10.6 Å². The Balaban J connectivity index is 1.36. The van der Waals surface area contributed by atoms with E-state index in [9.17, 15) is 14.9 Å². The number of thiophene rings is 1. The zero-order chi connectivity index (χ0) is 26.6. The summed E-state index contributed by atoms with van der Waals surface area (Å²) < 4.78 is 10.7. The molecule has 200 valence electrons. The number of nitrogens with zero attached hydrogens (tertiary/aromatic N) is 2. The summed E-state index contributed by atoms with van der Waals surface area (Å²) in [7, 11) is 3.16. The van der Waals surface area contributed by atoms with Gasteiger partial charge in [-0.2, -0.15) is 5.26 Å². The van der Waals surface area contributed by atoms with Crippen LogP contribution in [0.4, 0.5) is 5.69 Å². The van der Waals surface area contributed by atoms with Crippen LogP contribution < -0.4 is 20.1 Å². The van der Waals surface area contributed by atoms with Gasteiger partial charge in [-0.3, -0.25) is 14.9 Å².